The minimum atomic E-state index is -0.395. The van der Waals surface area contributed by atoms with Gasteiger partial charge in [-0.05, 0) is 30.7 Å². The predicted octanol–water partition coefficient (Wildman–Crippen LogP) is 6.30. The summed E-state index contributed by atoms with van der Waals surface area (Å²) >= 11 is 2.87. The minimum absolute atomic E-state index is 0.161. The first-order chi connectivity index (χ1) is 18.5. The van der Waals surface area contributed by atoms with Gasteiger partial charge in [0, 0.05) is 28.2 Å². The Labute approximate surface area is 230 Å². The molecule has 0 radical (unpaired) electrons. The Kier molecular flexibility index (Phi) is 8.14. The summed E-state index contributed by atoms with van der Waals surface area (Å²) in [5.74, 6) is 0.483. The Morgan fingerprint density at radius 2 is 1.71 bits per heavy atom. The first kappa shape index (κ1) is 26.1. The Bertz CT molecular complexity index is 1440. The van der Waals surface area contributed by atoms with Crippen LogP contribution in [0.1, 0.15) is 40.6 Å². The molecule has 9 heteroatoms. The third kappa shape index (κ3) is 5.79. The van der Waals surface area contributed by atoms with Gasteiger partial charge in [0.2, 0.25) is 11.1 Å². The molecule has 2 aromatic carbocycles. The second-order valence-electron chi connectivity index (χ2n) is 9.22. The number of fused-ring (bicyclic) bond motifs is 1. The molecule has 1 amide bonds. The lowest BCUT2D eigenvalue weighted by Crippen LogP contribution is -2.16. The van der Waals surface area contributed by atoms with Gasteiger partial charge < -0.3 is 10.1 Å². The van der Waals surface area contributed by atoms with Crippen molar-refractivity contribution in [2.45, 2.75) is 37.8 Å². The van der Waals surface area contributed by atoms with Crippen molar-refractivity contribution in [3.8, 4) is 22.5 Å². The zero-order valence-electron chi connectivity index (χ0n) is 21.3. The molecule has 7 nitrogen and oxygen atoms in total. The predicted molar refractivity (Wildman–Crippen MR) is 152 cm³/mol. The zero-order valence-corrected chi connectivity index (χ0v) is 22.9. The number of thiophene rings is 1. The number of hydrogen-bond donors (Lipinski definition) is 1. The van der Waals surface area contributed by atoms with E-state index in [9.17, 15) is 9.59 Å². The molecule has 38 heavy (non-hydrogen) atoms. The summed E-state index contributed by atoms with van der Waals surface area (Å²) in [6, 6.07) is 19.8. The van der Waals surface area contributed by atoms with Crippen molar-refractivity contribution in [2.75, 3.05) is 18.2 Å². The van der Waals surface area contributed by atoms with Crippen LogP contribution in [0.15, 0.2) is 65.8 Å². The van der Waals surface area contributed by atoms with Gasteiger partial charge in [-0.3, -0.25) is 4.79 Å². The number of carbonyl (C=O) groups is 2. The molecule has 2 aromatic heterocycles. The van der Waals surface area contributed by atoms with Crippen LogP contribution in [-0.2, 0) is 22.4 Å². The number of methoxy groups -OCH3 is 1. The van der Waals surface area contributed by atoms with Gasteiger partial charge in [-0.15, -0.1) is 21.5 Å². The number of benzene rings is 2. The number of amides is 1. The number of aromatic nitrogens is 3. The van der Waals surface area contributed by atoms with Crippen LogP contribution < -0.4 is 5.32 Å². The maximum absolute atomic E-state index is 12.8. The first-order valence-corrected chi connectivity index (χ1v) is 14.3. The smallest absolute Gasteiger partial charge is 0.341 e. The van der Waals surface area contributed by atoms with Gasteiger partial charge in [-0.1, -0.05) is 79.3 Å². The quantitative estimate of drug-likeness (QED) is 0.205. The SMILES string of the molecule is COC(=O)c1c(NC(=O)CCSc2nnc(-c3ccccc3)c(-c3ccccc3)n2)sc2c1CCC(C)C2. The van der Waals surface area contributed by atoms with Gasteiger partial charge in [0.15, 0.2) is 0 Å². The molecule has 0 saturated carbocycles. The van der Waals surface area contributed by atoms with E-state index in [0.717, 1.165) is 41.6 Å². The van der Waals surface area contributed by atoms with Crippen molar-refractivity contribution >= 4 is 40.0 Å². The number of hydrogen-bond acceptors (Lipinski definition) is 8. The van der Waals surface area contributed by atoms with Crippen LogP contribution in [0.4, 0.5) is 5.00 Å². The topological polar surface area (TPSA) is 94.1 Å². The Balaban J connectivity index is 1.29. The summed E-state index contributed by atoms with van der Waals surface area (Å²) in [5.41, 5.74) is 4.89. The highest BCUT2D eigenvalue weighted by molar-refractivity contribution is 7.99. The minimum Gasteiger partial charge on any atom is -0.465 e. The summed E-state index contributed by atoms with van der Waals surface area (Å²) in [4.78, 5) is 31.3. The fourth-order valence-corrected chi connectivity index (χ4v) is 6.68. The van der Waals surface area contributed by atoms with Crippen molar-refractivity contribution in [1.82, 2.24) is 15.2 Å². The lowest BCUT2D eigenvalue weighted by Gasteiger charge is -2.18. The van der Waals surface area contributed by atoms with Crippen LogP contribution in [0.5, 0.6) is 0 Å². The van der Waals surface area contributed by atoms with Gasteiger partial charge in [0.05, 0.1) is 12.7 Å². The average Bonchev–Trinajstić information content (AvgIpc) is 3.30. The van der Waals surface area contributed by atoms with E-state index in [4.69, 9.17) is 9.72 Å². The fourth-order valence-electron chi connectivity index (χ4n) is 4.54. The molecule has 5 rings (SSSR count). The van der Waals surface area contributed by atoms with Crippen molar-refractivity contribution in [3.63, 3.8) is 0 Å². The molecule has 1 N–H and O–H groups in total. The third-order valence-electron chi connectivity index (χ3n) is 6.48. The summed E-state index contributed by atoms with van der Waals surface area (Å²) in [7, 11) is 1.38. The Hall–Kier alpha value is -3.56. The third-order valence-corrected chi connectivity index (χ3v) is 8.49. The fraction of sp³-hybridized carbons (Fsp3) is 0.276. The van der Waals surface area contributed by atoms with E-state index < -0.39 is 5.97 Å². The van der Waals surface area contributed by atoms with E-state index in [1.165, 1.54) is 35.1 Å². The Morgan fingerprint density at radius 3 is 2.39 bits per heavy atom. The molecular weight excluding hydrogens is 516 g/mol. The van der Waals surface area contributed by atoms with E-state index in [1.807, 2.05) is 60.7 Å². The van der Waals surface area contributed by atoms with Crippen molar-refractivity contribution in [3.05, 3.63) is 76.7 Å². The largest absolute Gasteiger partial charge is 0.465 e. The second-order valence-corrected chi connectivity index (χ2v) is 11.4. The number of rotatable bonds is 8. The van der Waals surface area contributed by atoms with Crippen molar-refractivity contribution in [1.29, 1.82) is 0 Å². The lowest BCUT2D eigenvalue weighted by atomic mass is 9.88. The molecule has 194 valence electrons. The molecule has 1 unspecified atom stereocenters. The van der Waals surface area contributed by atoms with Gasteiger partial charge in [0.1, 0.15) is 16.4 Å². The number of ether oxygens (including phenoxy) is 1. The summed E-state index contributed by atoms with van der Waals surface area (Å²) in [6.45, 7) is 2.21. The van der Waals surface area contributed by atoms with E-state index >= 15 is 0 Å². The van der Waals surface area contributed by atoms with Gasteiger partial charge in [-0.25, -0.2) is 9.78 Å². The molecule has 2 heterocycles. The van der Waals surface area contributed by atoms with Crippen LogP contribution in [0, 0.1) is 5.92 Å². The summed E-state index contributed by atoms with van der Waals surface area (Å²) in [6.07, 6.45) is 3.02. The van der Waals surface area contributed by atoms with Gasteiger partial charge >= 0.3 is 5.97 Å². The molecule has 1 aliphatic rings. The van der Waals surface area contributed by atoms with Gasteiger partial charge in [0.25, 0.3) is 0 Å². The van der Waals surface area contributed by atoms with E-state index in [2.05, 4.69) is 22.4 Å². The van der Waals surface area contributed by atoms with Crippen molar-refractivity contribution < 1.29 is 14.3 Å². The zero-order chi connectivity index (χ0) is 26.5. The van der Waals surface area contributed by atoms with Crippen LogP contribution in [0.25, 0.3) is 22.5 Å². The number of anilines is 1. The van der Waals surface area contributed by atoms with Crippen LogP contribution in [0.3, 0.4) is 0 Å². The number of carbonyl (C=O) groups excluding carboxylic acids is 2. The molecule has 1 atom stereocenters. The number of thioether (sulfide) groups is 1. The molecule has 0 aliphatic heterocycles. The maximum Gasteiger partial charge on any atom is 0.341 e. The summed E-state index contributed by atoms with van der Waals surface area (Å²) in [5, 5.41) is 12.9. The molecule has 0 saturated heterocycles. The number of nitrogens with zero attached hydrogens (tertiary/aromatic N) is 3. The van der Waals surface area contributed by atoms with Crippen LogP contribution >= 0.6 is 23.1 Å². The van der Waals surface area contributed by atoms with Crippen LogP contribution in [0.2, 0.25) is 0 Å². The number of nitrogens with one attached hydrogen (secondary N) is 1. The first-order valence-electron chi connectivity index (χ1n) is 12.5. The molecule has 4 aromatic rings. The highest BCUT2D eigenvalue weighted by atomic mass is 32.2. The van der Waals surface area contributed by atoms with Gasteiger partial charge in [-0.2, -0.15) is 0 Å². The molecule has 1 aliphatic carbocycles. The normalized spacial score (nSPS) is 14.5. The lowest BCUT2D eigenvalue weighted by molar-refractivity contribution is -0.115. The highest BCUT2D eigenvalue weighted by Gasteiger charge is 2.28. The average molecular weight is 545 g/mol. The number of esters is 1. The van der Waals surface area contributed by atoms with Crippen LogP contribution in [-0.4, -0.2) is 39.9 Å². The summed E-state index contributed by atoms with van der Waals surface area (Å²) < 4.78 is 5.03. The second kappa shape index (κ2) is 11.9. The standard InChI is InChI=1S/C29H28N4O3S2/c1-18-13-14-21-22(17-18)38-27(24(21)28(35)36-2)30-23(34)15-16-37-29-31-25(19-9-5-3-6-10-19)26(32-33-29)20-11-7-4-8-12-20/h3-12,18H,13-17H2,1-2H3,(H,30,34). The van der Waals surface area contributed by atoms with E-state index in [-0.39, 0.29) is 12.3 Å². The van der Waals surface area contributed by atoms with E-state index in [1.54, 1.807) is 0 Å². The Morgan fingerprint density at radius 1 is 1.03 bits per heavy atom. The van der Waals surface area contributed by atoms with Crippen molar-refractivity contribution in [2.24, 2.45) is 5.92 Å². The van der Waals surface area contributed by atoms with E-state index in [0.29, 0.717) is 33.1 Å². The molecular formula is C29H28N4O3S2. The monoisotopic (exact) mass is 544 g/mol. The molecule has 0 bridgehead atoms. The molecule has 0 fully saturated rings. The molecule has 0 spiro atoms. The maximum atomic E-state index is 12.8. The highest BCUT2D eigenvalue weighted by Crippen LogP contribution is 2.40.